The molecule has 0 radical (unpaired) electrons. The first-order valence-electron chi connectivity index (χ1n) is 5.52. The minimum atomic E-state index is 0.760. The SMILES string of the molecule is Cc1ccc(Cl)cc1-c1cc(C)c(Cl)c(C)c1. The Balaban J connectivity index is 2.64. The van der Waals surface area contributed by atoms with E-state index in [1.807, 2.05) is 32.0 Å². The molecule has 0 N–H and O–H groups in total. The highest BCUT2D eigenvalue weighted by Crippen LogP contribution is 2.31. The normalized spacial score (nSPS) is 10.6. The second-order valence-electron chi connectivity index (χ2n) is 4.38. The lowest BCUT2D eigenvalue weighted by atomic mass is 9.97. The summed E-state index contributed by atoms with van der Waals surface area (Å²) in [6, 6.07) is 10.2. The van der Waals surface area contributed by atoms with Crippen LogP contribution in [-0.2, 0) is 0 Å². The molecule has 88 valence electrons. The van der Waals surface area contributed by atoms with Gasteiger partial charge in [-0.15, -0.1) is 0 Å². The van der Waals surface area contributed by atoms with Crippen LogP contribution in [0.15, 0.2) is 30.3 Å². The molecule has 0 aliphatic rings. The van der Waals surface area contributed by atoms with E-state index in [9.17, 15) is 0 Å². The van der Waals surface area contributed by atoms with E-state index < -0.39 is 0 Å². The summed E-state index contributed by atoms with van der Waals surface area (Å²) in [6.45, 7) is 6.14. The van der Waals surface area contributed by atoms with Crippen LogP contribution >= 0.6 is 23.2 Å². The molecule has 2 heteroatoms. The van der Waals surface area contributed by atoms with Crippen LogP contribution < -0.4 is 0 Å². The van der Waals surface area contributed by atoms with Crippen molar-refractivity contribution in [3.8, 4) is 11.1 Å². The van der Waals surface area contributed by atoms with Gasteiger partial charge in [0.2, 0.25) is 0 Å². The minimum Gasteiger partial charge on any atom is -0.0843 e. The number of rotatable bonds is 1. The van der Waals surface area contributed by atoms with Crippen LogP contribution in [0.2, 0.25) is 10.0 Å². The zero-order valence-corrected chi connectivity index (χ0v) is 11.7. The van der Waals surface area contributed by atoms with Gasteiger partial charge in [-0.3, -0.25) is 0 Å². The van der Waals surface area contributed by atoms with E-state index in [0.717, 1.165) is 21.2 Å². The second-order valence-corrected chi connectivity index (χ2v) is 5.20. The fraction of sp³-hybridized carbons (Fsp3) is 0.200. The molecule has 0 spiro atoms. The Morgan fingerprint density at radius 1 is 0.765 bits per heavy atom. The van der Waals surface area contributed by atoms with Gasteiger partial charge in [0.25, 0.3) is 0 Å². The van der Waals surface area contributed by atoms with Gasteiger partial charge in [0.1, 0.15) is 0 Å². The van der Waals surface area contributed by atoms with Crippen LogP contribution in [0, 0.1) is 20.8 Å². The van der Waals surface area contributed by atoms with Gasteiger partial charge in [0.05, 0.1) is 0 Å². The molecule has 0 saturated carbocycles. The molecule has 0 aromatic heterocycles. The molecule has 2 aromatic rings. The van der Waals surface area contributed by atoms with Crippen molar-refractivity contribution in [1.29, 1.82) is 0 Å². The monoisotopic (exact) mass is 264 g/mol. The van der Waals surface area contributed by atoms with Crippen LogP contribution in [0.5, 0.6) is 0 Å². The third-order valence-corrected chi connectivity index (χ3v) is 3.78. The van der Waals surface area contributed by atoms with E-state index in [-0.39, 0.29) is 0 Å². The Morgan fingerprint density at radius 3 is 1.94 bits per heavy atom. The maximum Gasteiger partial charge on any atom is 0.0464 e. The summed E-state index contributed by atoms with van der Waals surface area (Å²) in [7, 11) is 0. The van der Waals surface area contributed by atoms with E-state index in [1.165, 1.54) is 16.7 Å². The maximum atomic E-state index is 6.18. The molecule has 0 nitrogen and oxygen atoms in total. The summed E-state index contributed by atoms with van der Waals surface area (Å²) in [4.78, 5) is 0. The van der Waals surface area contributed by atoms with Crippen LogP contribution in [0.1, 0.15) is 16.7 Å². The highest BCUT2D eigenvalue weighted by molar-refractivity contribution is 6.32. The Hall–Kier alpha value is -0.980. The van der Waals surface area contributed by atoms with Crippen LogP contribution in [0.4, 0.5) is 0 Å². The van der Waals surface area contributed by atoms with Crippen molar-refractivity contribution in [2.24, 2.45) is 0 Å². The van der Waals surface area contributed by atoms with Crippen molar-refractivity contribution in [3.05, 3.63) is 57.1 Å². The third-order valence-electron chi connectivity index (χ3n) is 2.95. The van der Waals surface area contributed by atoms with Gasteiger partial charge in [-0.1, -0.05) is 29.3 Å². The van der Waals surface area contributed by atoms with Crippen LogP contribution in [-0.4, -0.2) is 0 Å². The van der Waals surface area contributed by atoms with Crippen molar-refractivity contribution < 1.29 is 0 Å². The quantitative estimate of drug-likeness (QED) is 0.630. The minimum absolute atomic E-state index is 0.760. The average Bonchev–Trinajstić information content (AvgIpc) is 2.28. The number of hydrogen-bond donors (Lipinski definition) is 0. The maximum absolute atomic E-state index is 6.18. The van der Waals surface area contributed by atoms with Crippen molar-refractivity contribution in [2.75, 3.05) is 0 Å². The Bertz CT molecular complexity index is 548. The molecule has 17 heavy (non-hydrogen) atoms. The predicted octanol–water partition coefficient (Wildman–Crippen LogP) is 5.59. The van der Waals surface area contributed by atoms with E-state index in [4.69, 9.17) is 23.2 Å². The smallest absolute Gasteiger partial charge is 0.0464 e. The fourth-order valence-electron chi connectivity index (χ4n) is 2.01. The number of aryl methyl sites for hydroxylation is 3. The molecule has 0 bridgehead atoms. The Kier molecular flexibility index (Phi) is 3.46. The van der Waals surface area contributed by atoms with E-state index in [1.54, 1.807) is 0 Å². The van der Waals surface area contributed by atoms with E-state index in [2.05, 4.69) is 19.1 Å². The molecule has 2 aromatic carbocycles. The second kappa shape index (κ2) is 4.72. The molecule has 0 unspecified atom stereocenters. The lowest BCUT2D eigenvalue weighted by Crippen LogP contribution is -1.88. The summed E-state index contributed by atoms with van der Waals surface area (Å²) in [5.74, 6) is 0. The topological polar surface area (TPSA) is 0 Å². The van der Waals surface area contributed by atoms with E-state index in [0.29, 0.717) is 0 Å². The highest BCUT2D eigenvalue weighted by atomic mass is 35.5. The largest absolute Gasteiger partial charge is 0.0843 e. The van der Waals surface area contributed by atoms with Gasteiger partial charge < -0.3 is 0 Å². The van der Waals surface area contributed by atoms with Crippen molar-refractivity contribution in [3.63, 3.8) is 0 Å². The lowest BCUT2D eigenvalue weighted by Gasteiger charge is -2.10. The summed E-state index contributed by atoms with van der Waals surface area (Å²) < 4.78 is 0. The molecular formula is C15H14Cl2. The predicted molar refractivity (Wildman–Crippen MR) is 76.1 cm³/mol. The lowest BCUT2D eigenvalue weighted by molar-refractivity contribution is 1.37. The van der Waals surface area contributed by atoms with Crippen LogP contribution in [0.25, 0.3) is 11.1 Å². The molecule has 2 rings (SSSR count). The summed E-state index contributed by atoms with van der Waals surface area (Å²) in [5.41, 5.74) is 5.75. The van der Waals surface area contributed by atoms with Crippen molar-refractivity contribution in [2.45, 2.75) is 20.8 Å². The first-order valence-corrected chi connectivity index (χ1v) is 6.28. The number of benzene rings is 2. The number of halogens is 2. The standard InChI is InChI=1S/C15H14Cl2/c1-9-4-5-13(16)8-14(9)12-6-10(2)15(17)11(3)7-12/h4-8H,1-3H3. The van der Waals surface area contributed by atoms with E-state index >= 15 is 0 Å². The molecule has 0 atom stereocenters. The molecule has 0 amide bonds. The molecule has 0 heterocycles. The Labute approximate surface area is 112 Å². The third kappa shape index (κ3) is 2.48. The van der Waals surface area contributed by atoms with Crippen molar-refractivity contribution >= 4 is 23.2 Å². The van der Waals surface area contributed by atoms with Gasteiger partial charge >= 0.3 is 0 Å². The van der Waals surface area contributed by atoms with Gasteiger partial charge in [-0.05, 0) is 72.9 Å². The van der Waals surface area contributed by atoms with Crippen LogP contribution in [0.3, 0.4) is 0 Å². The average molecular weight is 265 g/mol. The fourth-order valence-corrected chi connectivity index (χ4v) is 2.29. The summed E-state index contributed by atoms with van der Waals surface area (Å²) in [5, 5.41) is 1.60. The summed E-state index contributed by atoms with van der Waals surface area (Å²) >= 11 is 12.2. The van der Waals surface area contributed by atoms with Gasteiger partial charge in [0, 0.05) is 10.0 Å². The van der Waals surface area contributed by atoms with Crippen molar-refractivity contribution in [1.82, 2.24) is 0 Å². The van der Waals surface area contributed by atoms with Gasteiger partial charge in [-0.2, -0.15) is 0 Å². The zero-order chi connectivity index (χ0) is 12.6. The summed E-state index contributed by atoms with van der Waals surface area (Å²) in [6.07, 6.45) is 0. The first kappa shape index (κ1) is 12.5. The Morgan fingerprint density at radius 2 is 1.35 bits per heavy atom. The number of hydrogen-bond acceptors (Lipinski definition) is 0. The zero-order valence-electron chi connectivity index (χ0n) is 10.1. The highest BCUT2D eigenvalue weighted by Gasteiger charge is 2.07. The van der Waals surface area contributed by atoms with Gasteiger partial charge in [0.15, 0.2) is 0 Å². The van der Waals surface area contributed by atoms with Gasteiger partial charge in [-0.25, -0.2) is 0 Å². The molecular weight excluding hydrogens is 251 g/mol. The first-order chi connectivity index (χ1) is 7.99. The molecule has 0 fully saturated rings. The molecule has 0 aliphatic heterocycles. The molecule has 0 saturated heterocycles. The molecule has 0 aliphatic carbocycles.